The van der Waals surface area contributed by atoms with Gasteiger partial charge in [-0.3, -0.25) is 0 Å². The van der Waals surface area contributed by atoms with Crippen molar-refractivity contribution >= 4 is 0 Å². The number of hydrogen-bond acceptors (Lipinski definition) is 2. The molecule has 0 unspecified atom stereocenters. The highest BCUT2D eigenvalue weighted by Gasteiger charge is 2.61. The summed E-state index contributed by atoms with van der Waals surface area (Å²) in [6.45, 7) is 6.78. The van der Waals surface area contributed by atoms with Gasteiger partial charge in [0.1, 0.15) is 0 Å². The second kappa shape index (κ2) is 4.48. The van der Waals surface area contributed by atoms with Crippen LogP contribution in [-0.2, 0) is 0 Å². The molecule has 0 aromatic carbocycles. The summed E-state index contributed by atoms with van der Waals surface area (Å²) in [5.74, 6) is 2.03. The molecule has 2 fully saturated rings. The maximum atomic E-state index is 10.9. The molecule has 4 rings (SSSR count). The molecular formula is C20H30O2. The molecule has 2 saturated carbocycles. The van der Waals surface area contributed by atoms with Crippen LogP contribution in [-0.4, -0.2) is 21.9 Å². The number of hydrogen-bond donors (Lipinski definition) is 2. The summed E-state index contributed by atoms with van der Waals surface area (Å²) in [5, 5.41) is 20.9. The van der Waals surface area contributed by atoms with Crippen molar-refractivity contribution in [2.75, 3.05) is 0 Å². The molecule has 0 bridgehead atoms. The van der Waals surface area contributed by atoms with Crippen LogP contribution in [0.15, 0.2) is 23.8 Å². The third-order valence-corrected chi connectivity index (χ3v) is 8.19. The lowest BCUT2D eigenvalue weighted by Crippen LogP contribution is -2.53. The van der Waals surface area contributed by atoms with Crippen LogP contribution in [0.2, 0.25) is 0 Å². The van der Waals surface area contributed by atoms with E-state index in [9.17, 15) is 10.2 Å². The van der Waals surface area contributed by atoms with Crippen LogP contribution in [0.1, 0.15) is 59.3 Å². The van der Waals surface area contributed by atoms with E-state index in [1.54, 1.807) is 0 Å². The number of aliphatic hydroxyl groups is 2. The zero-order valence-corrected chi connectivity index (χ0v) is 14.2. The lowest BCUT2D eigenvalue weighted by molar-refractivity contribution is -0.107. The fourth-order valence-corrected chi connectivity index (χ4v) is 6.48. The van der Waals surface area contributed by atoms with Gasteiger partial charge in [0.25, 0.3) is 0 Å². The van der Waals surface area contributed by atoms with Crippen LogP contribution in [0.4, 0.5) is 0 Å². The van der Waals surface area contributed by atoms with Crippen molar-refractivity contribution in [2.45, 2.75) is 71.0 Å². The Morgan fingerprint density at radius 2 is 1.82 bits per heavy atom. The molecule has 0 spiro atoms. The Balaban J connectivity index is 1.72. The lowest BCUT2D eigenvalue weighted by atomic mass is 9.48. The quantitative estimate of drug-likeness (QED) is 0.668. The van der Waals surface area contributed by atoms with E-state index in [-0.39, 0.29) is 16.9 Å². The van der Waals surface area contributed by atoms with Crippen LogP contribution in [0, 0.1) is 28.6 Å². The van der Waals surface area contributed by atoms with Gasteiger partial charge >= 0.3 is 0 Å². The van der Waals surface area contributed by atoms with E-state index in [2.05, 4.69) is 32.9 Å². The van der Waals surface area contributed by atoms with Crippen molar-refractivity contribution in [2.24, 2.45) is 28.6 Å². The zero-order valence-electron chi connectivity index (χ0n) is 14.2. The molecule has 0 radical (unpaired) electrons. The second-order valence-electron chi connectivity index (χ2n) is 9.02. The molecule has 2 nitrogen and oxygen atoms in total. The normalized spacial score (nSPS) is 56.9. The van der Waals surface area contributed by atoms with Crippen molar-refractivity contribution in [3.63, 3.8) is 0 Å². The molecule has 0 saturated heterocycles. The molecule has 122 valence electrons. The third kappa shape index (κ3) is 1.74. The SMILES string of the molecule is C[C@]12C=C[C@H](O)CC1=CC[C@@H]1[C@@H]2CC[C@@]2(C)[C@H]1CC[C@@]2(C)O. The molecule has 4 aliphatic rings. The molecule has 0 aromatic rings. The third-order valence-electron chi connectivity index (χ3n) is 8.19. The van der Waals surface area contributed by atoms with E-state index in [4.69, 9.17) is 0 Å². The monoisotopic (exact) mass is 302 g/mol. The molecule has 0 heterocycles. The zero-order chi connectivity index (χ0) is 15.8. The van der Waals surface area contributed by atoms with Gasteiger partial charge in [-0.05, 0) is 68.6 Å². The minimum atomic E-state index is -0.494. The molecule has 0 aromatic heterocycles. The van der Waals surface area contributed by atoms with Gasteiger partial charge in [0.2, 0.25) is 0 Å². The van der Waals surface area contributed by atoms with E-state index in [0.29, 0.717) is 17.8 Å². The van der Waals surface area contributed by atoms with E-state index in [1.807, 2.05) is 6.08 Å². The van der Waals surface area contributed by atoms with Gasteiger partial charge < -0.3 is 10.2 Å². The largest absolute Gasteiger partial charge is 0.390 e. The Kier molecular flexibility index (Phi) is 3.05. The summed E-state index contributed by atoms with van der Waals surface area (Å²) in [6, 6.07) is 0. The first-order valence-corrected chi connectivity index (χ1v) is 9.07. The molecule has 0 amide bonds. The van der Waals surface area contributed by atoms with Crippen molar-refractivity contribution < 1.29 is 10.2 Å². The Bertz CT molecular complexity index is 546. The summed E-state index contributed by atoms with van der Waals surface area (Å²) in [6.07, 6.45) is 12.9. The van der Waals surface area contributed by atoms with Gasteiger partial charge in [0.15, 0.2) is 0 Å². The molecule has 0 aliphatic heterocycles. The minimum absolute atomic E-state index is 0.0910. The van der Waals surface area contributed by atoms with E-state index in [1.165, 1.54) is 18.4 Å². The summed E-state index contributed by atoms with van der Waals surface area (Å²) in [7, 11) is 0. The summed E-state index contributed by atoms with van der Waals surface area (Å²) in [5.41, 5.74) is 1.19. The smallest absolute Gasteiger partial charge is 0.0758 e. The molecule has 4 aliphatic carbocycles. The molecule has 22 heavy (non-hydrogen) atoms. The van der Waals surface area contributed by atoms with E-state index >= 15 is 0 Å². The van der Waals surface area contributed by atoms with Gasteiger partial charge in [0, 0.05) is 5.41 Å². The topological polar surface area (TPSA) is 40.5 Å². The first kappa shape index (κ1) is 15.0. The first-order chi connectivity index (χ1) is 10.3. The Hall–Kier alpha value is -0.600. The highest BCUT2D eigenvalue weighted by molar-refractivity contribution is 5.33. The predicted molar refractivity (Wildman–Crippen MR) is 88.2 cm³/mol. The number of aliphatic hydroxyl groups excluding tert-OH is 1. The van der Waals surface area contributed by atoms with Crippen LogP contribution in [0.3, 0.4) is 0 Å². The van der Waals surface area contributed by atoms with Crippen molar-refractivity contribution in [1.82, 2.24) is 0 Å². The maximum Gasteiger partial charge on any atom is 0.0758 e. The van der Waals surface area contributed by atoms with Gasteiger partial charge in [-0.2, -0.15) is 0 Å². The average molecular weight is 302 g/mol. The maximum absolute atomic E-state index is 10.9. The van der Waals surface area contributed by atoms with Gasteiger partial charge in [-0.25, -0.2) is 0 Å². The first-order valence-electron chi connectivity index (χ1n) is 9.07. The molecule has 2 N–H and O–H groups in total. The number of rotatable bonds is 0. The Morgan fingerprint density at radius 3 is 2.59 bits per heavy atom. The van der Waals surface area contributed by atoms with Gasteiger partial charge in [-0.1, -0.05) is 37.6 Å². The molecular weight excluding hydrogens is 272 g/mol. The summed E-state index contributed by atoms with van der Waals surface area (Å²) < 4.78 is 0. The Morgan fingerprint density at radius 1 is 1.09 bits per heavy atom. The number of fused-ring (bicyclic) bond motifs is 5. The summed E-state index contributed by atoms with van der Waals surface area (Å²) in [4.78, 5) is 0. The minimum Gasteiger partial charge on any atom is -0.390 e. The van der Waals surface area contributed by atoms with Gasteiger partial charge in [0.05, 0.1) is 11.7 Å². The second-order valence-corrected chi connectivity index (χ2v) is 9.02. The number of allylic oxidation sites excluding steroid dienone is 2. The summed E-state index contributed by atoms with van der Waals surface area (Å²) >= 11 is 0. The van der Waals surface area contributed by atoms with Crippen LogP contribution in [0.25, 0.3) is 0 Å². The van der Waals surface area contributed by atoms with E-state index in [0.717, 1.165) is 25.7 Å². The lowest BCUT2D eigenvalue weighted by Gasteiger charge is -2.57. The molecule has 2 heteroatoms. The van der Waals surface area contributed by atoms with Crippen molar-refractivity contribution in [1.29, 1.82) is 0 Å². The van der Waals surface area contributed by atoms with E-state index < -0.39 is 5.60 Å². The Labute approximate surface area is 134 Å². The molecule has 7 atom stereocenters. The predicted octanol–water partition coefficient (Wildman–Crippen LogP) is 3.84. The standard InChI is InChI=1S/C20H30O2/c1-18-9-6-14(21)12-13(18)4-5-15-16(18)7-10-19(2)17(15)8-11-20(19,3)22/h4,6,9,14-17,21-22H,5,7-8,10-12H2,1-3H3/t14-,15+,16-,17-,18-,19-,20+/m0/s1. The van der Waals surface area contributed by atoms with Crippen molar-refractivity contribution in [3.05, 3.63) is 23.8 Å². The highest BCUT2D eigenvalue weighted by atomic mass is 16.3. The highest BCUT2D eigenvalue weighted by Crippen LogP contribution is 2.66. The fraction of sp³-hybridized carbons (Fsp3) is 0.800. The van der Waals surface area contributed by atoms with Crippen LogP contribution >= 0.6 is 0 Å². The van der Waals surface area contributed by atoms with Crippen LogP contribution < -0.4 is 0 Å². The van der Waals surface area contributed by atoms with Crippen molar-refractivity contribution in [3.8, 4) is 0 Å². The van der Waals surface area contributed by atoms with Crippen LogP contribution in [0.5, 0.6) is 0 Å². The van der Waals surface area contributed by atoms with Gasteiger partial charge in [-0.15, -0.1) is 0 Å². The fourth-order valence-electron chi connectivity index (χ4n) is 6.48. The average Bonchev–Trinajstić information content (AvgIpc) is 2.70.